The van der Waals surface area contributed by atoms with Gasteiger partial charge in [0.2, 0.25) is 0 Å². The molecule has 3 heteroatoms. The molecule has 1 N–H and O–H groups in total. The molecule has 0 spiro atoms. The third kappa shape index (κ3) is 4.21. The van der Waals surface area contributed by atoms with Crippen molar-refractivity contribution in [2.75, 3.05) is 13.7 Å². The lowest BCUT2D eigenvalue weighted by atomic mass is 10.8. The Morgan fingerprint density at radius 1 is 2.00 bits per heavy atom. The predicted molar refractivity (Wildman–Crippen MR) is 23.7 cm³/mol. The summed E-state index contributed by atoms with van der Waals surface area (Å²) in [6, 6.07) is 0. The molecule has 6 heavy (non-hydrogen) atoms. The molecule has 38 valence electrons. The molecule has 2 nitrogen and oxygen atoms in total. The first-order valence-electron chi connectivity index (χ1n) is 1.58. The third-order valence-electron chi connectivity index (χ3n) is 0.304. The van der Waals surface area contributed by atoms with Gasteiger partial charge in [-0.3, -0.25) is 0 Å². The van der Waals surface area contributed by atoms with Crippen LogP contribution in [0.4, 0.5) is 0 Å². The van der Waals surface area contributed by atoms with Gasteiger partial charge >= 0.3 is 0 Å². The van der Waals surface area contributed by atoms with Crippen LogP contribution in [-0.4, -0.2) is 24.4 Å². The minimum atomic E-state index is -0.852. The van der Waals surface area contributed by atoms with E-state index >= 15 is 0 Å². The SMILES string of the molecule is COCC(O)Cl. The van der Waals surface area contributed by atoms with Crippen molar-refractivity contribution in [3.8, 4) is 0 Å². The molecule has 0 aliphatic carbocycles. The molecule has 0 amide bonds. The van der Waals surface area contributed by atoms with Gasteiger partial charge in [-0.15, -0.1) is 0 Å². The normalized spacial score (nSPS) is 14.5. The predicted octanol–water partition coefficient (Wildman–Crippen LogP) is 0.190. The van der Waals surface area contributed by atoms with E-state index in [1.807, 2.05) is 0 Å². The Hall–Kier alpha value is 0.210. The number of aliphatic hydroxyl groups is 1. The average Bonchev–Trinajstić information content (AvgIpc) is 1.35. The van der Waals surface area contributed by atoms with Gasteiger partial charge in [0.05, 0.1) is 6.61 Å². The van der Waals surface area contributed by atoms with Gasteiger partial charge < -0.3 is 9.84 Å². The van der Waals surface area contributed by atoms with Gasteiger partial charge in [-0.25, -0.2) is 0 Å². The zero-order valence-electron chi connectivity index (χ0n) is 3.52. The molecule has 0 radical (unpaired) electrons. The number of aliphatic hydroxyl groups excluding tert-OH is 1. The van der Waals surface area contributed by atoms with Crippen LogP contribution in [0.15, 0.2) is 0 Å². The van der Waals surface area contributed by atoms with Gasteiger partial charge in [0.15, 0.2) is 5.56 Å². The number of methoxy groups -OCH3 is 1. The zero-order chi connectivity index (χ0) is 4.99. The Morgan fingerprint density at radius 2 is 2.50 bits per heavy atom. The van der Waals surface area contributed by atoms with Crippen LogP contribution in [0.3, 0.4) is 0 Å². The molecular formula is C3H7ClO2. The molecule has 0 aromatic rings. The van der Waals surface area contributed by atoms with Gasteiger partial charge in [0.25, 0.3) is 0 Å². The lowest BCUT2D eigenvalue weighted by Gasteiger charge is -1.94. The molecule has 1 atom stereocenters. The van der Waals surface area contributed by atoms with Crippen molar-refractivity contribution in [3.63, 3.8) is 0 Å². The summed E-state index contributed by atoms with van der Waals surface area (Å²) in [5, 5.41) is 8.19. The summed E-state index contributed by atoms with van der Waals surface area (Å²) in [6.07, 6.45) is 0. The van der Waals surface area contributed by atoms with Crippen molar-refractivity contribution >= 4 is 11.6 Å². The summed E-state index contributed by atoms with van der Waals surface area (Å²) in [5.41, 5.74) is -0.852. The molecule has 0 aliphatic heterocycles. The minimum absolute atomic E-state index is 0.196. The molecule has 0 bridgehead atoms. The van der Waals surface area contributed by atoms with E-state index in [0.29, 0.717) is 0 Å². The van der Waals surface area contributed by atoms with E-state index in [-0.39, 0.29) is 6.61 Å². The molecule has 0 saturated heterocycles. The highest BCUT2D eigenvalue weighted by molar-refractivity contribution is 6.19. The minimum Gasteiger partial charge on any atom is -0.381 e. The Labute approximate surface area is 41.7 Å². The number of hydrogen-bond donors (Lipinski definition) is 1. The fourth-order valence-electron chi connectivity index (χ4n) is 0.138. The summed E-state index contributed by atoms with van der Waals surface area (Å²) in [7, 11) is 1.48. The Morgan fingerprint density at radius 3 is 2.50 bits per heavy atom. The first-order valence-corrected chi connectivity index (χ1v) is 2.02. The van der Waals surface area contributed by atoms with Gasteiger partial charge in [-0.1, -0.05) is 11.6 Å². The van der Waals surface area contributed by atoms with Crippen LogP contribution in [0.5, 0.6) is 0 Å². The highest BCUT2D eigenvalue weighted by Gasteiger charge is 1.90. The van der Waals surface area contributed by atoms with Crippen LogP contribution in [0, 0.1) is 0 Å². The lowest BCUT2D eigenvalue weighted by molar-refractivity contribution is 0.112. The number of rotatable bonds is 2. The number of alkyl halides is 1. The highest BCUT2D eigenvalue weighted by Crippen LogP contribution is 1.86. The van der Waals surface area contributed by atoms with E-state index in [1.54, 1.807) is 0 Å². The van der Waals surface area contributed by atoms with Crippen molar-refractivity contribution in [1.82, 2.24) is 0 Å². The second-order valence-electron chi connectivity index (χ2n) is 0.890. The monoisotopic (exact) mass is 110 g/mol. The van der Waals surface area contributed by atoms with Crippen molar-refractivity contribution < 1.29 is 9.84 Å². The molecule has 0 rings (SSSR count). The summed E-state index contributed by atoms with van der Waals surface area (Å²) >= 11 is 5.01. The quantitative estimate of drug-likeness (QED) is 0.515. The number of halogens is 1. The summed E-state index contributed by atoms with van der Waals surface area (Å²) in [5.74, 6) is 0. The van der Waals surface area contributed by atoms with Gasteiger partial charge in [0, 0.05) is 7.11 Å². The fraction of sp³-hybridized carbons (Fsp3) is 1.00. The lowest BCUT2D eigenvalue weighted by Crippen LogP contribution is -2.03. The molecular weight excluding hydrogens is 103 g/mol. The van der Waals surface area contributed by atoms with Crippen LogP contribution < -0.4 is 0 Å². The molecule has 0 fully saturated rings. The van der Waals surface area contributed by atoms with Crippen LogP contribution in [0.1, 0.15) is 0 Å². The maximum Gasteiger partial charge on any atom is 0.151 e. The van der Waals surface area contributed by atoms with Crippen molar-refractivity contribution in [2.24, 2.45) is 0 Å². The van der Waals surface area contributed by atoms with E-state index in [4.69, 9.17) is 16.7 Å². The molecule has 1 unspecified atom stereocenters. The standard InChI is InChI=1S/C3H7ClO2/c1-6-2-3(4)5/h3,5H,2H2,1H3. The van der Waals surface area contributed by atoms with Gasteiger partial charge in [-0.2, -0.15) is 0 Å². The Kier molecular flexibility index (Phi) is 3.52. The largest absolute Gasteiger partial charge is 0.381 e. The van der Waals surface area contributed by atoms with E-state index < -0.39 is 5.56 Å². The van der Waals surface area contributed by atoms with Crippen LogP contribution in [0.2, 0.25) is 0 Å². The van der Waals surface area contributed by atoms with Crippen molar-refractivity contribution in [2.45, 2.75) is 5.56 Å². The van der Waals surface area contributed by atoms with E-state index in [0.717, 1.165) is 0 Å². The number of ether oxygens (including phenoxy) is 1. The molecule has 0 heterocycles. The first-order chi connectivity index (χ1) is 2.77. The first kappa shape index (κ1) is 6.21. The summed E-state index contributed by atoms with van der Waals surface area (Å²) < 4.78 is 4.42. The topological polar surface area (TPSA) is 29.5 Å². The van der Waals surface area contributed by atoms with Crippen LogP contribution in [-0.2, 0) is 4.74 Å². The molecule has 0 aliphatic rings. The van der Waals surface area contributed by atoms with Gasteiger partial charge in [0.1, 0.15) is 0 Å². The maximum atomic E-state index is 8.19. The van der Waals surface area contributed by atoms with Crippen molar-refractivity contribution in [1.29, 1.82) is 0 Å². The zero-order valence-corrected chi connectivity index (χ0v) is 4.27. The smallest absolute Gasteiger partial charge is 0.151 e. The second kappa shape index (κ2) is 3.40. The third-order valence-corrected chi connectivity index (χ3v) is 0.430. The molecule has 0 aromatic heterocycles. The Balaban J connectivity index is 2.63. The summed E-state index contributed by atoms with van der Waals surface area (Å²) in [4.78, 5) is 0. The number of hydrogen-bond acceptors (Lipinski definition) is 2. The van der Waals surface area contributed by atoms with Crippen LogP contribution >= 0.6 is 11.6 Å². The van der Waals surface area contributed by atoms with E-state index in [2.05, 4.69) is 4.74 Å². The van der Waals surface area contributed by atoms with E-state index in [1.165, 1.54) is 7.11 Å². The highest BCUT2D eigenvalue weighted by atomic mass is 35.5. The van der Waals surface area contributed by atoms with Gasteiger partial charge in [-0.05, 0) is 0 Å². The average molecular weight is 111 g/mol. The molecule has 0 aromatic carbocycles. The molecule has 0 saturated carbocycles. The van der Waals surface area contributed by atoms with Crippen molar-refractivity contribution in [3.05, 3.63) is 0 Å². The summed E-state index contributed by atoms with van der Waals surface area (Å²) in [6.45, 7) is 0.196. The van der Waals surface area contributed by atoms with E-state index in [9.17, 15) is 0 Å². The fourth-order valence-corrected chi connectivity index (χ4v) is 0.264. The van der Waals surface area contributed by atoms with Crippen LogP contribution in [0.25, 0.3) is 0 Å². The Bertz CT molecular complexity index is 30.0. The maximum absolute atomic E-state index is 8.19. The second-order valence-corrected chi connectivity index (χ2v) is 1.39.